The summed E-state index contributed by atoms with van der Waals surface area (Å²) in [4.78, 5) is 12.1. The summed E-state index contributed by atoms with van der Waals surface area (Å²) in [6.45, 7) is 9.04. The fourth-order valence-corrected chi connectivity index (χ4v) is 9.92. The molecule has 0 aliphatic rings. The minimum atomic E-state index is -0.273. The van der Waals surface area contributed by atoms with Gasteiger partial charge in [0, 0.05) is 0 Å². The molecule has 0 saturated heterocycles. The Labute approximate surface area is 439 Å². The van der Waals surface area contributed by atoms with Crippen molar-refractivity contribution in [3.8, 4) is 17.2 Å². The van der Waals surface area contributed by atoms with Gasteiger partial charge in [0.05, 0.1) is 19.8 Å². The quantitative estimate of drug-likeness (QED) is 0.0370. The third-order valence-corrected chi connectivity index (χ3v) is 14.8. The minimum absolute atomic E-state index is 0.179. The monoisotopic (exact) mass is 1030 g/mol. The van der Waals surface area contributed by atoms with Crippen LogP contribution in [0.25, 0.3) is 0 Å². The summed E-state index contributed by atoms with van der Waals surface area (Å²) in [7, 11) is 0. The molecule has 0 aliphatic carbocycles. The zero-order chi connectivity index (χ0) is 49.6. The van der Waals surface area contributed by atoms with Crippen LogP contribution in [0.15, 0.2) is 12.1 Å². The predicted octanol–water partition coefficient (Wildman–Crippen LogP) is 22.0. The Hall–Kier alpha value is -1.43. The van der Waals surface area contributed by atoms with Crippen molar-refractivity contribution in [2.75, 3.05) is 25.2 Å². The number of rotatable bonds is 57. The highest BCUT2D eigenvalue weighted by molar-refractivity contribution is 9.09. The van der Waals surface area contributed by atoms with E-state index in [-0.39, 0.29) is 17.9 Å². The van der Waals surface area contributed by atoms with Crippen LogP contribution in [0, 0.1) is 0 Å². The fourth-order valence-electron chi connectivity index (χ4n) is 9.76. The topological polar surface area (TPSA) is 54.0 Å². The highest BCUT2D eigenvalue weighted by Crippen LogP contribution is 2.40. The summed E-state index contributed by atoms with van der Waals surface area (Å²) in [5.74, 6) is 1.90. The third kappa shape index (κ3) is 45.0. The number of halogens is 1. The molecule has 0 saturated carbocycles. The molecule has 1 aromatic carbocycles. The molecule has 0 aliphatic heterocycles. The molecule has 0 atom stereocenters. The number of ether oxygens (including phenoxy) is 4. The average molecular weight is 1030 g/mol. The first-order valence-electron chi connectivity index (χ1n) is 30.9. The van der Waals surface area contributed by atoms with Crippen molar-refractivity contribution in [3.05, 3.63) is 17.7 Å². The minimum Gasteiger partial charge on any atom is -0.490 e. The largest absolute Gasteiger partial charge is 0.490 e. The summed E-state index contributed by atoms with van der Waals surface area (Å²) in [5.41, 5.74) is 0.878. The molecule has 0 spiro atoms. The van der Waals surface area contributed by atoms with E-state index >= 15 is 0 Å². The van der Waals surface area contributed by atoms with Crippen LogP contribution >= 0.6 is 15.9 Å². The van der Waals surface area contributed by atoms with Crippen LogP contribution in [0.4, 0.5) is 0 Å². The SMILES string of the molecule is CCCCCCCCCCCCCCCCCCOc1cc(COC(=O)CBr)cc(OCCCCCCCCCCCCCCCCCC)c1OCCCCCCCCCCCCCCCCCC. The van der Waals surface area contributed by atoms with Gasteiger partial charge in [0.1, 0.15) is 11.9 Å². The zero-order valence-electron chi connectivity index (χ0n) is 46.6. The molecule has 1 rings (SSSR count). The summed E-state index contributed by atoms with van der Waals surface area (Å²) in [6, 6.07) is 4.02. The Morgan fingerprint density at radius 2 is 0.551 bits per heavy atom. The number of unbranched alkanes of at least 4 members (excludes halogenated alkanes) is 45. The first-order valence-corrected chi connectivity index (χ1v) is 32.0. The second kappa shape index (κ2) is 54.3. The molecular weight excluding hydrogens is 917 g/mol. The molecule has 406 valence electrons. The van der Waals surface area contributed by atoms with E-state index in [0.717, 1.165) is 42.1 Å². The van der Waals surface area contributed by atoms with Crippen LogP contribution in [-0.2, 0) is 16.1 Å². The van der Waals surface area contributed by atoms with Crippen LogP contribution in [0.5, 0.6) is 17.2 Å². The number of hydrogen-bond donors (Lipinski definition) is 0. The van der Waals surface area contributed by atoms with Gasteiger partial charge < -0.3 is 18.9 Å². The van der Waals surface area contributed by atoms with Crippen molar-refractivity contribution >= 4 is 21.9 Å². The Balaban J connectivity index is 2.58. The van der Waals surface area contributed by atoms with E-state index in [2.05, 4.69) is 36.7 Å². The third-order valence-electron chi connectivity index (χ3n) is 14.3. The maximum absolute atomic E-state index is 12.1. The molecule has 6 heteroatoms. The first kappa shape index (κ1) is 65.6. The van der Waals surface area contributed by atoms with Gasteiger partial charge in [-0.1, -0.05) is 326 Å². The van der Waals surface area contributed by atoms with Gasteiger partial charge in [-0.05, 0) is 37.0 Å². The van der Waals surface area contributed by atoms with E-state index in [1.54, 1.807) is 0 Å². The molecule has 1 aromatic rings. The summed E-state index contributed by atoms with van der Waals surface area (Å²) >= 11 is 3.25. The number of carbonyl (C=O) groups is 1. The highest BCUT2D eigenvalue weighted by Gasteiger charge is 2.17. The van der Waals surface area contributed by atoms with Crippen LogP contribution in [0.2, 0.25) is 0 Å². The second-order valence-corrected chi connectivity index (χ2v) is 21.7. The average Bonchev–Trinajstić information content (AvgIpc) is 3.36. The smallest absolute Gasteiger partial charge is 0.316 e. The van der Waals surface area contributed by atoms with Gasteiger partial charge in [-0.25, -0.2) is 0 Å². The molecule has 0 N–H and O–H groups in total. The molecule has 0 unspecified atom stereocenters. The Morgan fingerprint density at radius 3 is 0.783 bits per heavy atom. The van der Waals surface area contributed by atoms with Gasteiger partial charge in [-0.15, -0.1) is 0 Å². The lowest BCUT2D eigenvalue weighted by Crippen LogP contribution is -2.09. The van der Waals surface area contributed by atoms with Crippen LogP contribution in [-0.4, -0.2) is 31.1 Å². The summed E-state index contributed by atoms with van der Waals surface area (Å²) in [5, 5.41) is 0.179. The maximum atomic E-state index is 12.1. The number of carbonyl (C=O) groups excluding carboxylic acids is 1. The van der Waals surface area contributed by atoms with Crippen LogP contribution in [0.1, 0.15) is 335 Å². The molecule has 0 radical (unpaired) electrons. The molecule has 0 bridgehead atoms. The van der Waals surface area contributed by atoms with E-state index < -0.39 is 0 Å². The molecule has 0 heterocycles. The molecule has 69 heavy (non-hydrogen) atoms. The number of benzene rings is 1. The van der Waals surface area contributed by atoms with Crippen molar-refractivity contribution in [2.24, 2.45) is 0 Å². The lowest BCUT2D eigenvalue weighted by Gasteiger charge is -2.19. The van der Waals surface area contributed by atoms with E-state index in [1.807, 2.05) is 12.1 Å². The molecule has 0 aromatic heterocycles. The van der Waals surface area contributed by atoms with Gasteiger partial charge in [-0.3, -0.25) is 4.79 Å². The highest BCUT2D eigenvalue weighted by atomic mass is 79.9. The van der Waals surface area contributed by atoms with E-state index in [0.29, 0.717) is 19.8 Å². The van der Waals surface area contributed by atoms with Gasteiger partial charge in [0.25, 0.3) is 0 Å². The van der Waals surface area contributed by atoms with Crippen molar-refractivity contribution in [3.63, 3.8) is 0 Å². The zero-order valence-corrected chi connectivity index (χ0v) is 48.1. The maximum Gasteiger partial charge on any atom is 0.316 e. The molecule has 0 fully saturated rings. The number of hydrogen-bond acceptors (Lipinski definition) is 5. The fraction of sp³-hybridized carbons (Fsp3) is 0.889. The number of esters is 1. The van der Waals surface area contributed by atoms with Crippen molar-refractivity contribution in [2.45, 2.75) is 336 Å². The van der Waals surface area contributed by atoms with Crippen molar-refractivity contribution < 1.29 is 23.7 Å². The Bertz CT molecular complexity index is 1130. The van der Waals surface area contributed by atoms with Gasteiger partial charge in [0.2, 0.25) is 5.75 Å². The second-order valence-electron chi connectivity index (χ2n) is 21.2. The lowest BCUT2D eigenvalue weighted by molar-refractivity contribution is -0.141. The predicted molar refractivity (Wildman–Crippen MR) is 305 cm³/mol. The van der Waals surface area contributed by atoms with Crippen LogP contribution in [0.3, 0.4) is 0 Å². The summed E-state index contributed by atoms with van der Waals surface area (Å²) in [6.07, 6.45) is 65.0. The molecular formula is C63H117BrO5. The van der Waals surface area contributed by atoms with E-state index in [9.17, 15) is 4.79 Å². The lowest BCUT2D eigenvalue weighted by atomic mass is 10.0. The normalized spacial score (nSPS) is 11.4. The van der Waals surface area contributed by atoms with Gasteiger partial charge in [0.15, 0.2) is 11.5 Å². The summed E-state index contributed by atoms with van der Waals surface area (Å²) < 4.78 is 25.2. The first-order chi connectivity index (χ1) is 34.2. The standard InChI is InChI=1S/C63H117BrO5/c1-4-7-10-13-16-19-22-25-28-31-34-37-40-43-46-49-52-66-60-55-59(58-69-62(65)57-64)56-61(67-53-50-47-44-41-38-35-32-29-26-23-20-17-14-11-8-5-2)63(60)68-54-51-48-45-42-39-36-33-30-27-24-21-18-15-12-9-6-3/h55-56H,4-54,57-58H2,1-3H3. The van der Waals surface area contributed by atoms with E-state index in [4.69, 9.17) is 18.9 Å². The van der Waals surface area contributed by atoms with Gasteiger partial charge >= 0.3 is 5.97 Å². The number of alkyl halides is 1. The molecule has 0 amide bonds. The Kier molecular flexibility index (Phi) is 51.7. The Morgan fingerprint density at radius 1 is 0.333 bits per heavy atom. The van der Waals surface area contributed by atoms with Gasteiger partial charge in [-0.2, -0.15) is 0 Å². The van der Waals surface area contributed by atoms with Crippen molar-refractivity contribution in [1.29, 1.82) is 0 Å². The van der Waals surface area contributed by atoms with Crippen molar-refractivity contribution in [1.82, 2.24) is 0 Å². The van der Waals surface area contributed by atoms with E-state index in [1.165, 1.54) is 289 Å². The van der Waals surface area contributed by atoms with Crippen LogP contribution < -0.4 is 14.2 Å². The molecule has 5 nitrogen and oxygen atoms in total.